The van der Waals surface area contributed by atoms with Crippen LogP contribution < -0.4 is 10.6 Å². The van der Waals surface area contributed by atoms with E-state index >= 15 is 0 Å². The van der Waals surface area contributed by atoms with Gasteiger partial charge in [0.05, 0.1) is 5.01 Å². The Balaban J connectivity index is 2.08. The monoisotopic (exact) mass is 225 g/mol. The Morgan fingerprint density at radius 3 is 3.00 bits per heavy atom. The third kappa shape index (κ3) is 2.35. The molecule has 1 saturated heterocycles. The van der Waals surface area contributed by atoms with Gasteiger partial charge in [-0.1, -0.05) is 0 Å². The lowest BCUT2D eigenvalue weighted by molar-refractivity contribution is 0.0958. The Bertz CT molecular complexity index is 344. The van der Waals surface area contributed by atoms with Gasteiger partial charge in [0.2, 0.25) is 0 Å². The molecule has 0 atom stereocenters. The van der Waals surface area contributed by atoms with Gasteiger partial charge >= 0.3 is 0 Å². The van der Waals surface area contributed by atoms with Crippen LogP contribution in [0.3, 0.4) is 0 Å². The first-order valence-corrected chi connectivity index (χ1v) is 6.07. The van der Waals surface area contributed by atoms with Crippen LogP contribution in [0.15, 0.2) is 5.38 Å². The van der Waals surface area contributed by atoms with E-state index in [1.165, 1.54) is 0 Å². The van der Waals surface area contributed by atoms with Gasteiger partial charge in [0, 0.05) is 18.3 Å². The second-order valence-corrected chi connectivity index (χ2v) is 4.56. The Hall–Kier alpha value is -0.940. The van der Waals surface area contributed by atoms with Crippen molar-refractivity contribution in [3.63, 3.8) is 0 Å². The van der Waals surface area contributed by atoms with E-state index in [0.29, 0.717) is 11.6 Å². The van der Waals surface area contributed by atoms with Crippen molar-refractivity contribution in [2.24, 2.45) is 0 Å². The molecule has 15 heavy (non-hydrogen) atoms. The van der Waals surface area contributed by atoms with Crippen molar-refractivity contribution in [3.8, 4) is 0 Å². The molecule has 0 aromatic carbocycles. The molecular formula is C10H15N3OS. The number of carbonyl (C=O) groups excluding carboxylic acids is 1. The molecule has 82 valence electrons. The van der Waals surface area contributed by atoms with Gasteiger partial charge in [-0.2, -0.15) is 0 Å². The van der Waals surface area contributed by atoms with E-state index in [0.717, 1.165) is 30.9 Å². The summed E-state index contributed by atoms with van der Waals surface area (Å²) >= 11 is 1.60. The van der Waals surface area contributed by atoms with Crippen molar-refractivity contribution in [2.75, 3.05) is 20.1 Å². The summed E-state index contributed by atoms with van der Waals surface area (Å²) in [4.78, 5) is 15.7. The lowest BCUT2D eigenvalue weighted by Crippen LogP contribution is -2.26. The maximum atomic E-state index is 11.3. The van der Waals surface area contributed by atoms with E-state index in [1.54, 1.807) is 18.4 Å². The lowest BCUT2D eigenvalue weighted by Gasteiger charge is -2.20. The average molecular weight is 225 g/mol. The van der Waals surface area contributed by atoms with Crippen LogP contribution in [0.5, 0.6) is 0 Å². The van der Waals surface area contributed by atoms with Gasteiger partial charge in [-0.25, -0.2) is 4.98 Å². The van der Waals surface area contributed by atoms with Crippen LogP contribution in [0.1, 0.15) is 34.3 Å². The molecule has 1 aliphatic heterocycles. The molecule has 1 amide bonds. The summed E-state index contributed by atoms with van der Waals surface area (Å²) < 4.78 is 0. The number of hydrogen-bond donors (Lipinski definition) is 2. The van der Waals surface area contributed by atoms with Crippen LogP contribution in [-0.2, 0) is 0 Å². The molecule has 2 rings (SSSR count). The highest BCUT2D eigenvalue weighted by molar-refractivity contribution is 7.09. The molecule has 0 bridgehead atoms. The summed E-state index contributed by atoms with van der Waals surface area (Å²) in [6, 6.07) is 0. The predicted octanol–water partition coefficient (Wildman–Crippen LogP) is 0.970. The summed E-state index contributed by atoms with van der Waals surface area (Å²) in [6.45, 7) is 2.11. The van der Waals surface area contributed by atoms with Crippen molar-refractivity contribution >= 4 is 17.2 Å². The smallest absolute Gasteiger partial charge is 0.270 e. The van der Waals surface area contributed by atoms with Crippen molar-refractivity contribution in [3.05, 3.63) is 16.1 Å². The van der Waals surface area contributed by atoms with E-state index in [-0.39, 0.29) is 5.91 Å². The highest BCUT2D eigenvalue weighted by atomic mass is 32.1. The number of piperidine rings is 1. The topological polar surface area (TPSA) is 54.0 Å². The first-order valence-electron chi connectivity index (χ1n) is 5.19. The Morgan fingerprint density at radius 2 is 2.33 bits per heavy atom. The first kappa shape index (κ1) is 10.6. The zero-order valence-corrected chi connectivity index (χ0v) is 9.56. The van der Waals surface area contributed by atoms with Crippen LogP contribution in [0.25, 0.3) is 0 Å². The second-order valence-electron chi connectivity index (χ2n) is 3.67. The normalized spacial score (nSPS) is 17.7. The number of nitrogens with one attached hydrogen (secondary N) is 2. The van der Waals surface area contributed by atoms with Crippen LogP contribution in [0.2, 0.25) is 0 Å². The molecule has 1 aliphatic rings. The average Bonchev–Trinajstić information content (AvgIpc) is 2.78. The maximum absolute atomic E-state index is 11.3. The third-order valence-electron chi connectivity index (χ3n) is 2.67. The van der Waals surface area contributed by atoms with Gasteiger partial charge in [-0.15, -0.1) is 11.3 Å². The molecule has 0 radical (unpaired) electrons. The molecule has 1 fully saturated rings. The van der Waals surface area contributed by atoms with Gasteiger partial charge in [-0.05, 0) is 25.9 Å². The highest BCUT2D eigenvalue weighted by Crippen LogP contribution is 2.27. The van der Waals surface area contributed by atoms with Crippen LogP contribution in [0.4, 0.5) is 0 Å². The summed E-state index contributed by atoms with van der Waals surface area (Å²) in [5.41, 5.74) is 0.552. The summed E-state index contributed by atoms with van der Waals surface area (Å²) in [5.74, 6) is 0.445. The number of rotatable bonds is 2. The fourth-order valence-electron chi connectivity index (χ4n) is 1.78. The fraction of sp³-hybridized carbons (Fsp3) is 0.600. The SMILES string of the molecule is CNC(=O)c1csc(C2CCNCC2)n1. The fourth-order valence-corrected chi connectivity index (χ4v) is 2.75. The number of amides is 1. The quantitative estimate of drug-likeness (QED) is 0.788. The van der Waals surface area contributed by atoms with Gasteiger partial charge in [0.1, 0.15) is 5.69 Å². The number of thiazole rings is 1. The van der Waals surface area contributed by atoms with Crippen LogP contribution >= 0.6 is 11.3 Å². The van der Waals surface area contributed by atoms with Crippen LogP contribution in [-0.4, -0.2) is 31.0 Å². The number of hydrogen-bond acceptors (Lipinski definition) is 4. The Labute approximate surface area is 93.1 Å². The van der Waals surface area contributed by atoms with E-state index in [4.69, 9.17) is 0 Å². The largest absolute Gasteiger partial charge is 0.354 e. The Morgan fingerprint density at radius 1 is 1.60 bits per heavy atom. The van der Waals surface area contributed by atoms with Gasteiger partial charge < -0.3 is 10.6 Å². The molecular weight excluding hydrogens is 210 g/mol. The van der Waals surface area contributed by atoms with E-state index in [2.05, 4.69) is 15.6 Å². The number of nitrogens with zero attached hydrogens (tertiary/aromatic N) is 1. The predicted molar refractivity (Wildman–Crippen MR) is 60.3 cm³/mol. The van der Waals surface area contributed by atoms with E-state index in [9.17, 15) is 4.79 Å². The highest BCUT2D eigenvalue weighted by Gasteiger charge is 2.19. The van der Waals surface area contributed by atoms with Crippen LogP contribution in [0, 0.1) is 0 Å². The molecule has 0 aliphatic carbocycles. The summed E-state index contributed by atoms with van der Waals surface area (Å²) in [7, 11) is 1.63. The molecule has 0 saturated carbocycles. The molecule has 0 spiro atoms. The molecule has 1 aromatic heterocycles. The maximum Gasteiger partial charge on any atom is 0.270 e. The standard InChI is InChI=1S/C10H15N3OS/c1-11-9(14)8-6-15-10(13-8)7-2-4-12-5-3-7/h6-7,12H,2-5H2,1H3,(H,11,14). The van der Waals surface area contributed by atoms with E-state index < -0.39 is 0 Å². The minimum atomic E-state index is -0.0913. The zero-order valence-electron chi connectivity index (χ0n) is 8.75. The summed E-state index contributed by atoms with van der Waals surface area (Å²) in [5, 5.41) is 8.86. The molecule has 0 unspecified atom stereocenters. The molecule has 4 nitrogen and oxygen atoms in total. The molecule has 2 heterocycles. The zero-order chi connectivity index (χ0) is 10.7. The van der Waals surface area contributed by atoms with Crippen molar-refractivity contribution in [2.45, 2.75) is 18.8 Å². The Kier molecular flexibility index (Phi) is 3.33. The summed E-state index contributed by atoms with van der Waals surface area (Å²) in [6.07, 6.45) is 2.25. The van der Waals surface area contributed by atoms with E-state index in [1.807, 2.05) is 5.38 Å². The molecule has 1 aromatic rings. The minimum absolute atomic E-state index is 0.0913. The molecule has 2 N–H and O–H groups in total. The van der Waals surface area contributed by atoms with Crippen molar-refractivity contribution in [1.82, 2.24) is 15.6 Å². The van der Waals surface area contributed by atoms with Gasteiger partial charge in [-0.3, -0.25) is 4.79 Å². The number of aromatic nitrogens is 1. The lowest BCUT2D eigenvalue weighted by atomic mass is 9.99. The first-order chi connectivity index (χ1) is 7.31. The van der Waals surface area contributed by atoms with Gasteiger partial charge in [0.25, 0.3) is 5.91 Å². The number of carbonyl (C=O) groups is 1. The van der Waals surface area contributed by atoms with Gasteiger partial charge in [0.15, 0.2) is 0 Å². The van der Waals surface area contributed by atoms with Crippen molar-refractivity contribution in [1.29, 1.82) is 0 Å². The third-order valence-corrected chi connectivity index (χ3v) is 3.68. The second kappa shape index (κ2) is 4.72. The van der Waals surface area contributed by atoms with Crippen molar-refractivity contribution < 1.29 is 4.79 Å². The molecule has 5 heteroatoms. The minimum Gasteiger partial charge on any atom is -0.354 e.